The van der Waals surface area contributed by atoms with Crippen LogP contribution in [0, 0.1) is 5.92 Å². The Labute approximate surface area is 151 Å². The Balaban J connectivity index is 1.68. The van der Waals surface area contributed by atoms with Crippen molar-refractivity contribution in [2.45, 2.75) is 12.8 Å². The Hall–Kier alpha value is -1.99. The molecule has 2 fully saturated rings. The van der Waals surface area contributed by atoms with E-state index in [4.69, 9.17) is 21.4 Å². The number of nitrogens with zero attached hydrogens (tertiary/aromatic N) is 2. The van der Waals surface area contributed by atoms with E-state index in [1.165, 1.54) is 0 Å². The highest BCUT2D eigenvalue weighted by Gasteiger charge is 2.27. The lowest BCUT2D eigenvalue weighted by molar-refractivity contribution is -0.143. The van der Waals surface area contributed by atoms with Gasteiger partial charge in [0.25, 0.3) is 0 Å². The number of halogens is 1. The molecule has 0 atom stereocenters. The molecule has 8 heteroatoms. The standard InChI is InChI=1S/C17H22ClN3O4/c18-13-1-2-15(20-7-9-25-10-8-20)14(11-13)19-17(24)21-5-3-12(4-6-21)16(22)23/h1-2,11-12H,3-10H2,(H,19,24)(H,22,23). The lowest BCUT2D eigenvalue weighted by Gasteiger charge is -2.33. The van der Waals surface area contributed by atoms with Gasteiger partial charge in [0.2, 0.25) is 0 Å². The number of piperidine rings is 1. The molecule has 136 valence electrons. The molecule has 2 aliphatic rings. The van der Waals surface area contributed by atoms with Crippen molar-refractivity contribution in [3.8, 4) is 0 Å². The van der Waals surface area contributed by atoms with E-state index in [1.54, 1.807) is 17.0 Å². The zero-order chi connectivity index (χ0) is 17.8. The average Bonchev–Trinajstić information content (AvgIpc) is 2.62. The topological polar surface area (TPSA) is 82.1 Å². The third kappa shape index (κ3) is 4.35. The van der Waals surface area contributed by atoms with E-state index in [2.05, 4.69) is 10.2 Å². The van der Waals surface area contributed by atoms with Crippen LogP contribution in [0.4, 0.5) is 16.2 Å². The first kappa shape index (κ1) is 17.8. The summed E-state index contributed by atoms with van der Waals surface area (Å²) in [7, 11) is 0. The van der Waals surface area contributed by atoms with Gasteiger partial charge in [-0.1, -0.05) is 11.6 Å². The Kier molecular flexibility index (Phi) is 5.65. The lowest BCUT2D eigenvalue weighted by Crippen LogP contribution is -2.43. The number of hydrogen-bond acceptors (Lipinski definition) is 4. The molecule has 1 aromatic rings. The molecule has 0 radical (unpaired) electrons. The molecule has 2 aliphatic heterocycles. The van der Waals surface area contributed by atoms with Crippen LogP contribution in [0.2, 0.25) is 5.02 Å². The predicted molar refractivity (Wildman–Crippen MR) is 95.4 cm³/mol. The molecule has 2 N–H and O–H groups in total. The molecule has 0 aliphatic carbocycles. The Morgan fingerprint density at radius 3 is 2.48 bits per heavy atom. The van der Waals surface area contributed by atoms with E-state index in [9.17, 15) is 9.59 Å². The van der Waals surface area contributed by atoms with E-state index in [1.807, 2.05) is 6.07 Å². The number of hydrogen-bond donors (Lipinski definition) is 2. The number of carbonyl (C=O) groups is 2. The Bertz CT molecular complexity index is 641. The smallest absolute Gasteiger partial charge is 0.321 e. The van der Waals surface area contributed by atoms with Crippen molar-refractivity contribution in [3.05, 3.63) is 23.2 Å². The number of aliphatic carboxylic acids is 1. The number of carbonyl (C=O) groups excluding carboxylic acids is 1. The molecule has 7 nitrogen and oxygen atoms in total. The van der Waals surface area contributed by atoms with Gasteiger partial charge in [0, 0.05) is 31.2 Å². The molecule has 0 saturated carbocycles. The maximum atomic E-state index is 12.6. The molecular formula is C17H22ClN3O4. The minimum Gasteiger partial charge on any atom is -0.481 e. The van der Waals surface area contributed by atoms with Gasteiger partial charge in [-0.3, -0.25) is 4.79 Å². The van der Waals surface area contributed by atoms with Crippen LogP contribution in [0.3, 0.4) is 0 Å². The van der Waals surface area contributed by atoms with Crippen LogP contribution in [0.5, 0.6) is 0 Å². The summed E-state index contributed by atoms with van der Waals surface area (Å²) < 4.78 is 5.38. The number of morpholine rings is 1. The second-order valence-electron chi connectivity index (χ2n) is 6.29. The number of nitrogens with one attached hydrogen (secondary N) is 1. The molecule has 0 aromatic heterocycles. The van der Waals surface area contributed by atoms with Gasteiger partial charge in [-0.2, -0.15) is 0 Å². The van der Waals surface area contributed by atoms with Gasteiger partial charge in [0.1, 0.15) is 0 Å². The van der Waals surface area contributed by atoms with Crippen molar-refractivity contribution >= 4 is 35.0 Å². The quantitative estimate of drug-likeness (QED) is 0.857. The fraction of sp³-hybridized carbons (Fsp3) is 0.529. The average molecular weight is 368 g/mol. The number of urea groups is 1. The van der Waals surface area contributed by atoms with Gasteiger partial charge < -0.3 is 25.0 Å². The Morgan fingerprint density at radius 1 is 1.16 bits per heavy atom. The number of anilines is 2. The molecule has 1 aromatic carbocycles. The van der Waals surface area contributed by atoms with Crippen molar-refractivity contribution in [1.29, 1.82) is 0 Å². The highest BCUT2D eigenvalue weighted by molar-refractivity contribution is 6.31. The van der Waals surface area contributed by atoms with Crippen LogP contribution in [0.25, 0.3) is 0 Å². The molecule has 2 amide bonds. The van der Waals surface area contributed by atoms with Gasteiger partial charge in [0.05, 0.1) is 30.5 Å². The first-order chi connectivity index (χ1) is 12.0. The predicted octanol–water partition coefficient (Wildman–Crippen LogP) is 2.51. The normalized spacial score (nSPS) is 18.9. The van der Waals surface area contributed by atoms with Gasteiger partial charge in [-0.25, -0.2) is 4.79 Å². The summed E-state index contributed by atoms with van der Waals surface area (Å²) in [6.07, 6.45) is 0.962. The molecular weight excluding hydrogens is 346 g/mol. The fourth-order valence-electron chi connectivity index (χ4n) is 3.21. The Morgan fingerprint density at radius 2 is 1.84 bits per heavy atom. The van der Waals surface area contributed by atoms with Crippen LogP contribution >= 0.6 is 11.6 Å². The van der Waals surface area contributed by atoms with Crippen LogP contribution < -0.4 is 10.2 Å². The summed E-state index contributed by atoms with van der Waals surface area (Å²) in [5.41, 5.74) is 1.58. The maximum absolute atomic E-state index is 12.6. The van der Waals surface area contributed by atoms with E-state index >= 15 is 0 Å². The van der Waals surface area contributed by atoms with Crippen molar-refractivity contribution < 1.29 is 19.4 Å². The molecule has 25 heavy (non-hydrogen) atoms. The summed E-state index contributed by atoms with van der Waals surface area (Å²) >= 11 is 6.11. The van der Waals surface area contributed by atoms with E-state index in [0.29, 0.717) is 49.9 Å². The third-order valence-electron chi connectivity index (χ3n) is 4.68. The summed E-state index contributed by atoms with van der Waals surface area (Å²) in [5, 5.41) is 12.5. The first-order valence-corrected chi connectivity index (χ1v) is 8.83. The molecule has 0 spiro atoms. The lowest BCUT2D eigenvalue weighted by atomic mass is 9.97. The second kappa shape index (κ2) is 7.93. The van der Waals surface area contributed by atoms with Crippen molar-refractivity contribution in [2.75, 3.05) is 49.6 Å². The van der Waals surface area contributed by atoms with Crippen molar-refractivity contribution in [3.63, 3.8) is 0 Å². The zero-order valence-electron chi connectivity index (χ0n) is 13.9. The highest BCUT2D eigenvalue weighted by Crippen LogP contribution is 2.30. The molecule has 3 rings (SSSR count). The monoisotopic (exact) mass is 367 g/mol. The van der Waals surface area contributed by atoms with E-state index in [-0.39, 0.29) is 11.9 Å². The number of carboxylic acids is 1. The van der Waals surface area contributed by atoms with Crippen molar-refractivity contribution in [1.82, 2.24) is 4.90 Å². The van der Waals surface area contributed by atoms with Gasteiger partial charge in [0.15, 0.2) is 0 Å². The highest BCUT2D eigenvalue weighted by atomic mass is 35.5. The largest absolute Gasteiger partial charge is 0.481 e. The minimum absolute atomic E-state index is 0.222. The number of carboxylic acid groups (broad SMARTS) is 1. The zero-order valence-corrected chi connectivity index (χ0v) is 14.7. The molecule has 0 unspecified atom stereocenters. The SMILES string of the molecule is O=C(O)C1CCN(C(=O)Nc2cc(Cl)ccc2N2CCOCC2)CC1. The number of likely N-dealkylation sites (tertiary alicyclic amines) is 1. The number of ether oxygens (including phenoxy) is 1. The maximum Gasteiger partial charge on any atom is 0.321 e. The number of benzene rings is 1. The van der Waals surface area contributed by atoms with Crippen LogP contribution in [-0.4, -0.2) is 61.4 Å². The number of rotatable bonds is 3. The van der Waals surface area contributed by atoms with Crippen molar-refractivity contribution in [2.24, 2.45) is 5.92 Å². The summed E-state index contributed by atoms with van der Waals surface area (Å²) in [4.78, 5) is 27.4. The number of amides is 2. The molecule has 2 saturated heterocycles. The van der Waals surface area contributed by atoms with Crippen LogP contribution in [0.1, 0.15) is 12.8 Å². The second-order valence-corrected chi connectivity index (χ2v) is 6.73. The van der Waals surface area contributed by atoms with Crippen LogP contribution in [0.15, 0.2) is 18.2 Å². The van der Waals surface area contributed by atoms with E-state index < -0.39 is 5.97 Å². The minimum atomic E-state index is -0.787. The fourth-order valence-corrected chi connectivity index (χ4v) is 3.38. The first-order valence-electron chi connectivity index (χ1n) is 8.45. The summed E-state index contributed by atoms with van der Waals surface area (Å²) in [6, 6.07) is 5.23. The van der Waals surface area contributed by atoms with Gasteiger partial charge in [-0.05, 0) is 31.0 Å². The van der Waals surface area contributed by atoms with E-state index in [0.717, 1.165) is 18.8 Å². The molecule has 0 bridgehead atoms. The van der Waals surface area contributed by atoms with Gasteiger partial charge >= 0.3 is 12.0 Å². The summed E-state index contributed by atoms with van der Waals surface area (Å²) in [5.74, 6) is -1.15. The van der Waals surface area contributed by atoms with Gasteiger partial charge in [-0.15, -0.1) is 0 Å². The third-order valence-corrected chi connectivity index (χ3v) is 4.92. The molecule has 2 heterocycles. The summed E-state index contributed by atoms with van der Waals surface area (Å²) in [6.45, 7) is 3.70. The van der Waals surface area contributed by atoms with Crippen LogP contribution in [-0.2, 0) is 9.53 Å².